The smallest absolute Gasteiger partial charge is 0.338 e. The lowest BCUT2D eigenvalue weighted by molar-refractivity contribution is -0.0470. The van der Waals surface area contributed by atoms with Gasteiger partial charge in [0.1, 0.15) is 23.0 Å². The number of nitrogens with zero attached hydrogens (tertiary/aromatic N) is 2. The van der Waals surface area contributed by atoms with Gasteiger partial charge >= 0.3 is 12.1 Å². The second kappa shape index (κ2) is 10.6. The van der Waals surface area contributed by atoms with E-state index in [0.717, 1.165) is 10.8 Å². The molecule has 6 N–H and O–H groups in total. The summed E-state index contributed by atoms with van der Waals surface area (Å²) in [5.41, 5.74) is 11.4. The molecule has 184 valence electrons. The summed E-state index contributed by atoms with van der Waals surface area (Å²) in [5, 5.41) is 21.7. The van der Waals surface area contributed by atoms with Gasteiger partial charge in [0.15, 0.2) is 0 Å². The molecule has 0 spiro atoms. The molecular weight excluding hydrogens is 464 g/mol. The average molecular weight is 489 g/mol. The van der Waals surface area contributed by atoms with Gasteiger partial charge in [-0.2, -0.15) is 0 Å². The minimum absolute atomic E-state index is 0.0235. The molecule has 0 radical (unpaired) electrons. The van der Waals surface area contributed by atoms with E-state index in [9.17, 15) is 20.0 Å². The number of carbonyl (C=O) groups excluding carboxylic acids is 2. The Morgan fingerprint density at radius 3 is 1.31 bits per heavy atom. The highest BCUT2D eigenvalue weighted by Crippen LogP contribution is 2.30. The number of nitrogens with two attached hydrogens (primary N) is 2. The van der Waals surface area contributed by atoms with Gasteiger partial charge < -0.3 is 20.9 Å². The van der Waals surface area contributed by atoms with E-state index in [1.165, 1.54) is 0 Å². The zero-order chi connectivity index (χ0) is 25.7. The number of ether oxygens (including phenoxy) is 2. The van der Waals surface area contributed by atoms with Crippen LogP contribution in [0.5, 0.6) is 23.0 Å². The zero-order valence-corrected chi connectivity index (χ0v) is 19.1. The van der Waals surface area contributed by atoms with Crippen molar-refractivity contribution in [3.8, 4) is 23.0 Å². The number of benzene rings is 4. The maximum Gasteiger partial charge on any atom is 0.338 e. The van der Waals surface area contributed by atoms with Crippen LogP contribution in [0.25, 0.3) is 10.8 Å². The van der Waals surface area contributed by atoms with Gasteiger partial charge in [0, 0.05) is 0 Å². The van der Waals surface area contributed by atoms with Crippen LogP contribution >= 0.6 is 0 Å². The molecule has 0 aliphatic heterocycles. The van der Waals surface area contributed by atoms with Crippen LogP contribution in [0.4, 0.5) is 9.59 Å². The SMILES string of the molecule is NC(=O)N(O)Cc1ccc(Oc2ccc3ccc(Oc4ccc(CN(O)C(N)=O)cc4)cc3c2)cc1. The molecule has 4 aromatic carbocycles. The summed E-state index contributed by atoms with van der Waals surface area (Å²) in [5.74, 6) is 2.43. The van der Waals surface area contributed by atoms with Gasteiger partial charge in [-0.15, -0.1) is 0 Å². The third-order valence-corrected chi connectivity index (χ3v) is 5.27. The van der Waals surface area contributed by atoms with E-state index in [-0.39, 0.29) is 13.1 Å². The predicted octanol–water partition coefficient (Wildman–Crippen LogP) is 4.96. The van der Waals surface area contributed by atoms with E-state index in [0.29, 0.717) is 44.3 Å². The topological polar surface area (TPSA) is 152 Å². The van der Waals surface area contributed by atoms with E-state index < -0.39 is 12.1 Å². The molecule has 0 heterocycles. The molecule has 10 heteroatoms. The summed E-state index contributed by atoms with van der Waals surface area (Å²) >= 11 is 0. The van der Waals surface area contributed by atoms with Gasteiger partial charge in [-0.3, -0.25) is 10.4 Å². The Hall–Kier alpha value is -4.80. The molecule has 0 atom stereocenters. The number of fused-ring (bicyclic) bond motifs is 1. The maximum atomic E-state index is 11.0. The number of primary amides is 2. The van der Waals surface area contributed by atoms with Crippen LogP contribution in [-0.2, 0) is 13.1 Å². The molecule has 4 rings (SSSR count). The molecule has 10 nitrogen and oxygen atoms in total. The lowest BCUT2D eigenvalue weighted by atomic mass is 10.1. The average Bonchev–Trinajstić information content (AvgIpc) is 2.86. The Morgan fingerprint density at radius 2 is 0.944 bits per heavy atom. The first kappa shape index (κ1) is 24.3. The number of hydrogen-bond donors (Lipinski definition) is 4. The normalized spacial score (nSPS) is 10.6. The van der Waals surface area contributed by atoms with Crippen LogP contribution in [-0.4, -0.2) is 32.6 Å². The number of rotatable bonds is 8. The molecule has 0 unspecified atom stereocenters. The summed E-state index contributed by atoms with van der Waals surface area (Å²) in [6.07, 6.45) is 0. The monoisotopic (exact) mass is 488 g/mol. The molecule has 0 bridgehead atoms. The van der Waals surface area contributed by atoms with Crippen molar-refractivity contribution in [1.29, 1.82) is 0 Å². The van der Waals surface area contributed by atoms with Crippen LogP contribution in [0.2, 0.25) is 0 Å². The first-order chi connectivity index (χ1) is 17.3. The summed E-state index contributed by atoms with van der Waals surface area (Å²) in [7, 11) is 0. The predicted molar refractivity (Wildman–Crippen MR) is 131 cm³/mol. The number of hydrogen-bond acceptors (Lipinski definition) is 6. The Labute approximate surface area is 206 Å². The van der Waals surface area contributed by atoms with Crippen LogP contribution in [0.15, 0.2) is 84.9 Å². The lowest BCUT2D eigenvalue weighted by Gasteiger charge is -2.13. The highest BCUT2D eigenvalue weighted by atomic mass is 16.5. The number of hydroxylamine groups is 4. The number of urea groups is 2. The van der Waals surface area contributed by atoms with Gasteiger partial charge in [0.2, 0.25) is 0 Å². The van der Waals surface area contributed by atoms with Crippen molar-refractivity contribution in [3.05, 3.63) is 96.1 Å². The highest BCUT2D eigenvalue weighted by molar-refractivity contribution is 5.85. The molecule has 36 heavy (non-hydrogen) atoms. The minimum atomic E-state index is -0.926. The first-order valence-corrected chi connectivity index (χ1v) is 10.9. The third-order valence-electron chi connectivity index (χ3n) is 5.27. The molecule has 0 saturated heterocycles. The van der Waals surface area contributed by atoms with E-state index in [4.69, 9.17) is 20.9 Å². The Balaban J connectivity index is 1.43. The van der Waals surface area contributed by atoms with Crippen molar-refractivity contribution in [1.82, 2.24) is 10.1 Å². The van der Waals surface area contributed by atoms with E-state index in [2.05, 4.69) is 0 Å². The van der Waals surface area contributed by atoms with Gasteiger partial charge in [-0.1, -0.05) is 36.4 Å². The van der Waals surface area contributed by atoms with Crippen molar-refractivity contribution >= 4 is 22.8 Å². The Bertz CT molecular complexity index is 1270. The van der Waals surface area contributed by atoms with Gasteiger partial charge in [0.25, 0.3) is 0 Å². The van der Waals surface area contributed by atoms with Gasteiger partial charge in [-0.05, 0) is 70.4 Å². The van der Waals surface area contributed by atoms with E-state index >= 15 is 0 Å². The van der Waals surface area contributed by atoms with Gasteiger partial charge in [-0.25, -0.2) is 19.7 Å². The summed E-state index contributed by atoms with van der Waals surface area (Å²) in [6, 6.07) is 23.4. The molecule has 4 aromatic rings. The van der Waals surface area contributed by atoms with Crippen molar-refractivity contribution < 1.29 is 29.5 Å². The van der Waals surface area contributed by atoms with Crippen molar-refractivity contribution in [2.75, 3.05) is 0 Å². The van der Waals surface area contributed by atoms with Crippen LogP contribution in [0, 0.1) is 0 Å². The third kappa shape index (κ3) is 6.20. The van der Waals surface area contributed by atoms with Crippen LogP contribution in [0.3, 0.4) is 0 Å². The minimum Gasteiger partial charge on any atom is -0.457 e. The molecule has 0 aromatic heterocycles. The summed E-state index contributed by atoms with van der Waals surface area (Å²) in [4.78, 5) is 21.9. The standard InChI is InChI=1S/C26H24N4O6/c27-25(31)29(33)15-17-1-7-21(8-2-17)35-23-11-5-19-6-12-24(14-20(19)13-23)36-22-9-3-18(4-10-22)16-30(34)26(28)32/h1-14,33-34H,15-16H2,(H2,27,31)(H2,28,32). The number of carbonyl (C=O) groups is 2. The van der Waals surface area contributed by atoms with Crippen molar-refractivity contribution in [3.63, 3.8) is 0 Å². The fraction of sp³-hybridized carbons (Fsp3) is 0.0769. The zero-order valence-electron chi connectivity index (χ0n) is 19.1. The molecular formula is C26H24N4O6. The maximum absolute atomic E-state index is 11.0. The first-order valence-electron chi connectivity index (χ1n) is 10.9. The second-order valence-electron chi connectivity index (χ2n) is 7.95. The molecule has 4 amide bonds. The highest BCUT2D eigenvalue weighted by Gasteiger charge is 2.09. The van der Waals surface area contributed by atoms with Crippen molar-refractivity contribution in [2.45, 2.75) is 13.1 Å². The molecule has 0 aliphatic carbocycles. The Morgan fingerprint density at radius 1 is 0.583 bits per heavy atom. The lowest BCUT2D eigenvalue weighted by Crippen LogP contribution is -2.31. The largest absolute Gasteiger partial charge is 0.457 e. The van der Waals surface area contributed by atoms with Gasteiger partial charge in [0.05, 0.1) is 13.1 Å². The summed E-state index contributed by atoms with van der Waals surface area (Å²) in [6.45, 7) is -0.0469. The second-order valence-corrected chi connectivity index (χ2v) is 7.95. The summed E-state index contributed by atoms with van der Waals surface area (Å²) < 4.78 is 11.9. The Kier molecular flexibility index (Phi) is 7.19. The van der Waals surface area contributed by atoms with Crippen LogP contribution in [0.1, 0.15) is 11.1 Å². The van der Waals surface area contributed by atoms with Crippen molar-refractivity contribution in [2.24, 2.45) is 11.5 Å². The molecule has 0 aliphatic rings. The van der Waals surface area contributed by atoms with Crippen LogP contribution < -0.4 is 20.9 Å². The number of amides is 4. The molecule has 0 fully saturated rings. The fourth-order valence-corrected chi connectivity index (χ4v) is 3.43. The fourth-order valence-electron chi connectivity index (χ4n) is 3.43. The quantitative estimate of drug-likeness (QED) is 0.203. The van der Waals surface area contributed by atoms with E-state index in [1.54, 1.807) is 48.5 Å². The van der Waals surface area contributed by atoms with E-state index in [1.807, 2.05) is 36.4 Å². The molecule has 0 saturated carbocycles.